The highest BCUT2D eigenvalue weighted by molar-refractivity contribution is 5.97. The van der Waals surface area contributed by atoms with Crippen molar-refractivity contribution in [3.63, 3.8) is 0 Å². The van der Waals surface area contributed by atoms with Gasteiger partial charge in [-0.25, -0.2) is 0 Å². The topological polar surface area (TPSA) is 66.6 Å². The molecule has 1 aromatic carbocycles. The number of carbonyl (C=O) groups excluding carboxylic acids is 1. The van der Waals surface area contributed by atoms with Gasteiger partial charge in [-0.3, -0.25) is 4.79 Å². The van der Waals surface area contributed by atoms with Gasteiger partial charge in [-0.15, -0.1) is 0 Å². The summed E-state index contributed by atoms with van der Waals surface area (Å²) in [6.07, 6.45) is 0. The zero-order chi connectivity index (χ0) is 15.3. The lowest BCUT2D eigenvalue weighted by molar-refractivity contribution is 0.0473. The van der Waals surface area contributed by atoms with Gasteiger partial charge in [0.15, 0.2) is 0 Å². The van der Waals surface area contributed by atoms with E-state index < -0.39 is 5.54 Å². The molecule has 0 heterocycles. The molecule has 20 heavy (non-hydrogen) atoms. The second kappa shape index (κ2) is 6.56. The summed E-state index contributed by atoms with van der Waals surface area (Å²) in [5.74, 6) is 5.53. The lowest BCUT2D eigenvalue weighted by atomic mass is 9.99. The predicted molar refractivity (Wildman–Crippen MR) is 80.4 cm³/mol. The van der Waals surface area contributed by atoms with Crippen molar-refractivity contribution in [2.45, 2.75) is 26.3 Å². The molecule has 0 aromatic heterocycles. The Morgan fingerprint density at radius 2 is 2.10 bits per heavy atom. The molecule has 0 aliphatic heterocycles. The van der Waals surface area contributed by atoms with Crippen molar-refractivity contribution in [1.82, 2.24) is 4.90 Å². The number of amides is 1. The lowest BCUT2D eigenvalue weighted by Crippen LogP contribution is -2.47. The molecule has 0 radical (unpaired) electrons. The Balaban J connectivity index is 3.24. The van der Waals surface area contributed by atoms with Crippen LogP contribution < -0.4 is 5.73 Å². The summed E-state index contributed by atoms with van der Waals surface area (Å²) in [5, 5.41) is 9.39. The number of aliphatic hydroxyl groups excluding tert-OH is 1. The minimum absolute atomic E-state index is 0.106. The van der Waals surface area contributed by atoms with Crippen LogP contribution in [0.3, 0.4) is 0 Å². The van der Waals surface area contributed by atoms with Gasteiger partial charge in [-0.1, -0.05) is 23.5 Å². The van der Waals surface area contributed by atoms with Gasteiger partial charge in [0.2, 0.25) is 0 Å². The Bertz CT molecular complexity index is 553. The van der Waals surface area contributed by atoms with E-state index in [-0.39, 0.29) is 19.1 Å². The van der Waals surface area contributed by atoms with Crippen LogP contribution in [0.4, 0.5) is 0 Å². The molecule has 0 atom stereocenters. The number of nitrogens with zero attached hydrogens (tertiary/aromatic N) is 1. The molecule has 3 N–H and O–H groups in total. The van der Waals surface area contributed by atoms with E-state index in [9.17, 15) is 9.90 Å². The molecule has 4 nitrogen and oxygen atoms in total. The maximum atomic E-state index is 12.6. The highest BCUT2D eigenvalue weighted by atomic mass is 16.3. The number of carbonyl (C=O) groups is 1. The summed E-state index contributed by atoms with van der Waals surface area (Å²) >= 11 is 0. The summed E-state index contributed by atoms with van der Waals surface area (Å²) in [4.78, 5) is 14.1. The van der Waals surface area contributed by atoms with Crippen molar-refractivity contribution >= 4 is 5.91 Å². The third-order valence-corrected chi connectivity index (χ3v) is 3.33. The maximum Gasteiger partial charge on any atom is 0.255 e. The second-order valence-electron chi connectivity index (χ2n) is 5.39. The van der Waals surface area contributed by atoms with E-state index in [1.807, 2.05) is 39.0 Å². The quantitative estimate of drug-likeness (QED) is 0.813. The molecule has 0 unspecified atom stereocenters. The molecule has 0 spiro atoms. The highest BCUT2D eigenvalue weighted by Crippen LogP contribution is 2.18. The number of aliphatic hydroxyl groups is 1. The van der Waals surface area contributed by atoms with Crippen LogP contribution in [0, 0.1) is 18.8 Å². The molecule has 0 bridgehead atoms. The van der Waals surface area contributed by atoms with Gasteiger partial charge in [0, 0.05) is 12.6 Å². The van der Waals surface area contributed by atoms with Crippen LogP contribution in [0.1, 0.15) is 35.3 Å². The van der Waals surface area contributed by atoms with E-state index >= 15 is 0 Å². The van der Waals surface area contributed by atoms with E-state index in [4.69, 9.17) is 5.73 Å². The van der Waals surface area contributed by atoms with Gasteiger partial charge in [0.05, 0.1) is 24.3 Å². The molecule has 1 rings (SSSR count). The molecule has 0 fully saturated rings. The Morgan fingerprint density at radius 3 is 2.65 bits per heavy atom. The average molecular weight is 274 g/mol. The molecule has 0 saturated heterocycles. The third kappa shape index (κ3) is 3.60. The average Bonchev–Trinajstić information content (AvgIpc) is 2.44. The zero-order valence-corrected chi connectivity index (χ0v) is 12.5. The first-order valence-electron chi connectivity index (χ1n) is 6.52. The molecule has 0 aliphatic rings. The fourth-order valence-corrected chi connectivity index (χ4v) is 1.65. The summed E-state index contributed by atoms with van der Waals surface area (Å²) in [6.45, 7) is 5.69. The number of nitrogens with two attached hydrogens (primary N) is 1. The standard InChI is InChI=1S/C16H22N2O2/c1-12-7-8-13(6-5-9-17)14(10-12)15(20)18(4)16(2,3)11-19/h7-8,10,19H,9,11,17H2,1-4H3. The smallest absolute Gasteiger partial charge is 0.255 e. The summed E-state index contributed by atoms with van der Waals surface area (Å²) in [6, 6.07) is 5.55. The van der Waals surface area contributed by atoms with E-state index in [1.54, 1.807) is 7.05 Å². The fourth-order valence-electron chi connectivity index (χ4n) is 1.65. The van der Waals surface area contributed by atoms with Crippen LogP contribution in [0.5, 0.6) is 0 Å². The molecule has 1 amide bonds. The third-order valence-electron chi connectivity index (χ3n) is 3.33. The van der Waals surface area contributed by atoms with Gasteiger partial charge in [0.25, 0.3) is 5.91 Å². The van der Waals surface area contributed by atoms with Gasteiger partial charge >= 0.3 is 0 Å². The summed E-state index contributed by atoms with van der Waals surface area (Å²) in [5.41, 5.74) is 6.94. The highest BCUT2D eigenvalue weighted by Gasteiger charge is 2.28. The van der Waals surface area contributed by atoms with Crippen LogP contribution in [0.25, 0.3) is 0 Å². The van der Waals surface area contributed by atoms with Crippen molar-refractivity contribution in [3.8, 4) is 11.8 Å². The minimum atomic E-state index is -0.626. The van der Waals surface area contributed by atoms with Crippen molar-refractivity contribution in [2.24, 2.45) is 5.73 Å². The Morgan fingerprint density at radius 1 is 1.45 bits per heavy atom. The monoisotopic (exact) mass is 274 g/mol. The first kappa shape index (κ1) is 16.2. The van der Waals surface area contributed by atoms with E-state index in [1.165, 1.54) is 4.90 Å². The van der Waals surface area contributed by atoms with Crippen molar-refractivity contribution in [1.29, 1.82) is 0 Å². The predicted octanol–water partition coefficient (Wildman–Crippen LogP) is 1.15. The lowest BCUT2D eigenvalue weighted by Gasteiger charge is -2.34. The van der Waals surface area contributed by atoms with Crippen LogP contribution in [0.15, 0.2) is 18.2 Å². The van der Waals surface area contributed by atoms with Gasteiger partial charge < -0.3 is 15.7 Å². The van der Waals surface area contributed by atoms with Crippen LogP contribution >= 0.6 is 0 Å². The maximum absolute atomic E-state index is 12.6. The Kier molecular flexibility index (Phi) is 5.32. The number of aryl methyl sites for hydroxylation is 1. The fraction of sp³-hybridized carbons (Fsp3) is 0.438. The molecule has 4 heteroatoms. The first-order chi connectivity index (χ1) is 9.33. The molecule has 0 saturated carbocycles. The molecular formula is C16H22N2O2. The first-order valence-corrected chi connectivity index (χ1v) is 6.52. The largest absolute Gasteiger partial charge is 0.394 e. The van der Waals surface area contributed by atoms with Crippen molar-refractivity contribution in [3.05, 3.63) is 34.9 Å². The Hall–Kier alpha value is -1.83. The SMILES string of the molecule is Cc1ccc(C#CCN)c(C(=O)N(C)C(C)(C)CO)c1. The number of benzene rings is 1. The number of hydrogen-bond donors (Lipinski definition) is 2. The second-order valence-corrected chi connectivity index (χ2v) is 5.39. The van der Waals surface area contributed by atoms with Gasteiger partial charge in [0.1, 0.15) is 0 Å². The van der Waals surface area contributed by atoms with Crippen LogP contribution in [0.2, 0.25) is 0 Å². The normalized spacial score (nSPS) is 10.7. The number of likely N-dealkylation sites (N-methyl/N-ethyl adjacent to an activating group) is 1. The minimum Gasteiger partial charge on any atom is -0.394 e. The number of hydrogen-bond acceptors (Lipinski definition) is 3. The van der Waals surface area contributed by atoms with E-state index in [0.717, 1.165) is 5.56 Å². The Labute approximate surface area is 120 Å². The van der Waals surface area contributed by atoms with Crippen molar-refractivity contribution in [2.75, 3.05) is 20.2 Å². The molecular weight excluding hydrogens is 252 g/mol. The van der Waals surface area contributed by atoms with Gasteiger partial charge in [-0.05, 0) is 32.9 Å². The zero-order valence-electron chi connectivity index (χ0n) is 12.5. The van der Waals surface area contributed by atoms with E-state index in [0.29, 0.717) is 11.1 Å². The molecule has 0 aliphatic carbocycles. The molecule has 1 aromatic rings. The molecule has 108 valence electrons. The van der Waals surface area contributed by atoms with Crippen molar-refractivity contribution < 1.29 is 9.90 Å². The van der Waals surface area contributed by atoms with Gasteiger partial charge in [-0.2, -0.15) is 0 Å². The van der Waals surface area contributed by atoms with E-state index in [2.05, 4.69) is 11.8 Å². The number of rotatable bonds is 3. The summed E-state index contributed by atoms with van der Waals surface area (Å²) < 4.78 is 0. The van der Waals surface area contributed by atoms with Crippen LogP contribution in [-0.4, -0.2) is 41.7 Å². The van der Waals surface area contributed by atoms with Crippen LogP contribution in [-0.2, 0) is 0 Å². The summed E-state index contributed by atoms with van der Waals surface area (Å²) in [7, 11) is 1.68.